The molecule has 0 unspecified atom stereocenters. The molecule has 0 bridgehead atoms. The van der Waals surface area contributed by atoms with Crippen molar-refractivity contribution in [3.8, 4) is 5.88 Å². The zero-order chi connectivity index (χ0) is 13.1. The fraction of sp³-hybridized carbons (Fsp3) is 0.182. The van der Waals surface area contributed by atoms with Crippen LogP contribution in [0.3, 0.4) is 0 Å². The van der Waals surface area contributed by atoms with E-state index in [9.17, 15) is 4.79 Å². The van der Waals surface area contributed by atoms with E-state index in [0.29, 0.717) is 11.7 Å². The number of aryl methyl sites for hydroxylation is 1. The molecule has 18 heavy (non-hydrogen) atoms. The first-order valence-electron chi connectivity index (χ1n) is 5.10. The number of carboxylic acid groups (broad SMARTS) is 1. The van der Waals surface area contributed by atoms with Crippen LogP contribution >= 0.6 is 11.6 Å². The Kier molecular flexibility index (Phi) is 3.47. The summed E-state index contributed by atoms with van der Waals surface area (Å²) in [7, 11) is 0. The van der Waals surface area contributed by atoms with Crippen molar-refractivity contribution in [3.05, 3.63) is 40.8 Å². The van der Waals surface area contributed by atoms with Crippen LogP contribution in [0.4, 0.5) is 4.79 Å². The highest BCUT2D eigenvalue weighted by Crippen LogP contribution is 2.13. The second-order valence-electron chi connectivity index (χ2n) is 3.64. The Labute approximate surface area is 108 Å². The van der Waals surface area contributed by atoms with E-state index < -0.39 is 6.16 Å². The minimum atomic E-state index is -1.38. The van der Waals surface area contributed by atoms with E-state index in [4.69, 9.17) is 16.7 Å². The van der Waals surface area contributed by atoms with Gasteiger partial charge in [-0.05, 0) is 18.6 Å². The van der Waals surface area contributed by atoms with Crippen LogP contribution in [0.15, 0.2) is 24.4 Å². The van der Waals surface area contributed by atoms with Gasteiger partial charge in [0.1, 0.15) is 5.15 Å². The molecular formula is C11H10ClN3O3. The summed E-state index contributed by atoms with van der Waals surface area (Å²) in [6.07, 6.45) is 0.258. The molecule has 0 saturated carbocycles. The summed E-state index contributed by atoms with van der Waals surface area (Å²) < 4.78 is 6.11. The van der Waals surface area contributed by atoms with Crippen molar-refractivity contribution in [1.82, 2.24) is 14.8 Å². The molecule has 2 aromatic heterocycles. The third-order valence-electron chi connectivity index (χ3n) is 2.27. The molecule has 0 atom stereocenters. The lowest BCUT2D eigenvalue weighted by Crippen LogP contribution is -2.06. The lowest BCUT2D eigenvalue weighted by Gasteiger charge is -2.03. The quantitative estimate of drug-likeness (QED) is 0.682. The molecule has 2 aromatic rings. The topological polar surface area (TPSA) is 77.2 Å². The number of aromatic nitrogens is 3. The standard InChI is InChI=1S/C11H10ClN3O3/c1-7-4-10(18-11(16)17)14-15(7)6-8-2-3-9(12)13-5-8/h2-5H,6H2,1H3,(H,16,17). The van der Waals surface area contributed by atoms with E-state index in [1.54, 1.807) is 23.0 Å². The van der Waals surface area contributed by atoms with Crippen molar-refractivity contribution >= 4 is 17.8 Å². The number of rotatable bonds is 3. The molecule has 0 aliphatic carbocycles. The molecule has 0 aliphatic rings. The third-order valence-corrected chi connectivity index (χ3v) is 2.50. The summed E-state index contributed by atoms with van der Waals surface area (Å²) in [5, 5.41) is 12.9. The molecule has 0 fully saturated rings. The summed E-state index contributed by atoms with van der Waals surface area (Å²) >= 11 is 5.69. The first kappa shape index (κ1) is 12.4. The maximum Gasteiger partial charge on any atom is 0.512 e. The van der Waals surface area contributed by atoms with Crippen LogP contribution in [-0.2, 0) is 6.54 Å². The number of ether oxygens (including phenoxy) is 1. The summed E-state index contributed by atoms with van der Waals surface area (Å²) in [6.45, 7) is 2.28. The highest BCUT2D eigenvalue weighted by atomic mass is 35.5. The minimum absolute atomic E-state index is 0.0573. The van der Waals surface area contributed by atoms with E-state index in [2.05, 4.69) is 14.8 Å². The SMILES string of the molecule is Cc1cc(OC(=O)O)nn1Cc1ccc(Cl)nc1. The summed E-state index contributed by atoms with van der Waals surface area (Å²) in [4.78, 5) is 14.3. The highest BCUT2D eigenvalue weighted by Gasteiger charge is 2.09. The van der Waals surface area contributed by atoms with Crippen LogP contribution in [-0.4, -0.2) is 26.0 Å². The zero-order valence-corrected chi connectivity index (χ0v) is 10.3. The molecule has 2 heterocycles. The van der Waals surface area contributed by atoms with Crippen LogP contribution < -0.4 is 4.74 Å². The van der Waals surface area contributed by atoms with Crippen LogP contribution in [0.5, 0.6) is 5.88 Å². The maximum atomic E-state index is 10.4. The molecule has 94 valence electrons. The Morgan fingerprint density at radius 3 is 2.94 bits per heavy atom. The van der Waals surface area contributed by atoms with Gasteiger partial charge < -0.3 is 9.84 Å². The van der Waals surface area contributed by atoms with Gasteiger partial charge in [0.15, 0.2) is 0 Å². The average Bonchev–Trinajstić information content (AvgIpc) is 2.61. The molecule has 0 radical (unpaired) electrons. The summed E-state index contributed by atoms with van der Waals surface area (Å²) in [5.74, 6) is 0.0573. The van der Waals surface area contributed by atoms with E-state index in [1.165, 1.54) is 0 Å². The van der Waals surface area contributed by atoms with Gasteiger partial charge in [-0.15, -0.1) is 5.10 Å². The fourth-order valence-corrected chi connectivity index (χ4v) is 1.56. The maximum absolute atomic E-state index is 10.4. The van der Waals surface area contributed by atoms with Gasteiger partial charge in [0.2, 0.25) is 5.88 Å². The van der Waals surface area contributed by atoms with Crippen LogP contribution in [0.25, 0.3) is 0 Å². The van der Waals surface area contributed by atoms with E-state index in [0.717, 1.165) is 11.3 Å². The van der Waals surface area contributed by atoms with Gasteiger partial charge in [0.05, 0.1) is 6.54 Å². The number of nitrogens with zero attached hydrogens (tertiary/aromatic N) is 3. The second-order valence-corrected chi connectivity index (χ2v) is 4.03. The van der Waals surface area contributed by atoms with Gasteiger partial charge in [0.25, 0.3) is 0 Å². The molecule has 1 N–H and O–H groups in total. The predicted octanol–water partition coefficient (Wildman–Crippen LogP) is 2.35. The van der Waals surface area contributed by atoms with Gasteiger partial charge in [-0.2, -0.15) is 0 Å². The van der Waals surface area contributed by atoms with Gasteiger partial charge >= 0.3 is 6.16 Å². The third kappa shape index (κ3) is 2.98. The molecular weight excluding hydrogens is 258 g/mol. The monoisotopic (exact) mass is 267 g/mol. The highest BCUT2D eigenvalue weighted by molar-refractivity contribution is 6.29. The summed E-state index contributed by atoms with van der Waals surface area (Å²) in [6, 6.07) is 5.07. The Morgan fingerprint density at radius 1 is 1.56 bits per heavy atom. The lowest BCUT2D eigenvalue weighted by molar-refractivity contribution is 0.142. The van der Waals surface area contributed by atoms with E-state index in [1.807, 2.05) is 13.0 Å². The Morgan fingerprint density at radius 2 is 2.33 bits per heavy atom. The van der Waals surface area contributed by atoms with Crippen LogP contribution in [0.2, 0.25) is 5.15 Å². The van der Waals surface area contributed by atoms with Crippen LogP contribution in [0.1, 0.15) is 11.3 Å². The molecule has 0 aliphatic heterocycles. The number of halogens is 1. The number of pyridine rings is 1. The molecule has 0 spiro atoms. The molecule has 6 nitrogen and oxygen atoms in total. The van der Waals surface area contributed by atoms with Crippen molar-refractivity contribution in [2.45, 2.75) is 13.5 Å². The molecule has 0 amide bonds. The fourth-order valence-electron chi connectivity index (χ4n) is 1.45. The minimum Gasteiger partial charge on any atom is -0.449 e. The first-order valence-corrected chi connectivity index (χ1v) is 5.48. The number of hydrogen-bond acceptors (Lipinski definition) is 4. The number of carbonyl (C=O) groups is 1. The van der Waals surface area contributed by atoms with Crippen molar-refractivity contribution in [2.24, 2.45) is 0 Å². The van der Waals surface area contributed by atoms with Gasteiger partial charge in [0, 0.05) is 18.0 Å². The Hall–Kier alpha value is -2.08. The lowest BCUT2D eigenvalue weighted by atomic mass is 10.3. The Bertz CT molecular complexity index is 565. The zero-order valence-electron chi connectivity index (χ0n) is 9.50. The van der Waals surface area contributed by atoms with Gasteiger partial charge in [-0.3, -0.25) is 4.68 Å². The molecule has 7 heteroatoms. The van der Waals surface area contributed by atoms with Gasteiger partial charge in [-0.25, -0.2) is 9.78 Å². The van der Waals surface area contributed by atoms with Gasteiger partial charge in [-0.1, -0.05) is 17.7 Å². The van der Waals surface area contributed by atoms with Crippen molar-refractivity contribution in [2.75, 3.05) is 0 Å². The smallest absolute Gasteiger partial charge is 0.449 e. The molecule has 2 rings (SSSR count). The Balaban J connectivity index is 2.16. The van der Waals surface area contributed by atoms with E-state index >= 15 is 0 Å². The van der Waals surface area contributed by atoms with E-state index in [-0.39, 0.29) is 5.88 Å². The van der Waals surface area contributed by atoms with Crippen LogP contribution in [0, 0.1) is 6.92 Å². The average molecular weight is 268 g/mol. The first-order chi connectivity index (χ1) is 8.54. The largest absolute Gasteiger partial charge is 0.512 e. The molecule has 0 aromatic carbocycles. The van der Waals surface area contributed by atoms with Crippen molar-refractivity contribution in [1.29, 1.82) is 0 Å². The predicted molar refractivity (Wildman–Crippen MR) is 64.0 cm³/mol. The second kappa shape index (κ2) is 5.05. The number of hydrogen-bond donors (Lipinski definition) is 1. The van der Waals surface area contributed by atoms with Crippen molar-refractivity contribution < 1.29 is 14.6 Å². The molecule has 0 saturated heterocycles. The van der Waals surface area contributed by atoms with Crippen molar-refractivity contribution in [3.63, 3.8) is 0 Å². The normalized spacial score (nSPS) is 10.3. The summed E-state index contributed by atoms with van der Waals surface area (Å²) in [5.41, 5.74) is 1.70.